The fourth-order valence-electron chi connectivity index (χ4n) is 1.51. The Kier molecular flexibility index (Phi) is 5.71. The first-order valence-electron chi connectivity index (χ1n) is 5.97. The second kappa shape index (κ2) is 6.82. The minimum atomic E-state index is -0.861. The maximum absolute atomic E-state index is 12.1. The predicted molar refractivity (Wildman–Crippen MR) is 72.7 cm³/mol. The lowest BCUT2D eigenvalue weighted by molar-refractivity contribution is -0.151. The van der Waals surface area contributed by atoms with Crippen molar-refractivity contribution in [3.05, 3.63) is 16.6 Å². The summed E-state index contributed by atoms with van der Waals surface area (Å²) in [7, 11) is 3.99. The third-order valence-corrected chi connectivity index (χ3v) is 3.58. The standard InChI is InChI=1S/C12H21N3O2S/c1-5-17-11(16)12(2,10-13-7-9-18-10)14-6-8-15(3)4/h7,9,14H,5-6,8H2,1-4H3. The number of likely N-dealkylation sites (N-methyl/N-ethyl adjacent to an activating group) is 1. The number of nitrogens with zero attached hydrogens (tertiary/aromatic N) is 2. The monoisotopic (exact) mass is 271 g/mol. The molecule has 1 atom stereocenters. The number of carbonyl (C=O) groups excluding carboxylic acids is 1. The van der Waals surface area contributed by atoms with Crippen molar-refractivity contribution in [3.63, 3.8) is 0 Å². The summed E-state index contributed by atoms with van der Waals surface area (Å²) in [6.45, 7) is 5.54. The van der Waals surface area contributed by atoms with Crippen LogP contribution in [0.5, 0.6) is 0 Å². The van der Waals surface area contributed by atoms with Crippen LogP contribution < -0.4 is 5.32 Å². The molecule has 0 aliphatic carbocycles. The normalized spacial score (nSPS) is 14.5. The quantitative estimate of drug-likeness (QED) is 0.752. The van der Waals surface area contributed by atoms with Crippen molar-refractivity contribution >= 4 is 17.3 Å². The summed E-state index contributed by atoms with van der Waals surface area (Å²) in [5.41, 5.74) is -0.861. The van der Waals surface area contributed by atoms with Gasteiger partial charge in [0.2, 0.25) is 0 Å². The molecule has 5 nitrogen and oxygen atoms in total. The van der Waals surface area contributed by atoms with E-state index in [-0.39, 0.29) is 5.97 Å². The summed E-state index contributed by atoms with van der Waals surface area (Å²) in [4.78, 5) is 18.4. The molecule has 1 unspecified atom stereocenters. The number of nitrogens with one attached hydrogen (secondary N) is 1. The predicted octanol–water partition coefficient (Wildman–Crippen LogP) is 1.07. The topological polar surface area (TPSA) is 54.5 Å². The maximum Gasteiger partial charge on any atom is 0.333 e. The summed E-state index contributed by atoms with van der Waals surface area (Å²) in [5, 5.41) is 5.84. The van der Waals surface area contributed by atoms with Gasteiger partial charge >= 0.3 is 5.97 Å². The molecule has 0 radical (unpaired) electrons. The highest BCUT2D eigenvalue weighted by Crippen LogP contribution is 2.24. The van der Waals surface area contributed by atoms with Gasteiger partial charge in [0.25, 0.3) is 0 Å². The number of hydrogen-bond acceptors (Lipinski definition) is 6. The van der Waals surface area contributed by atoms with Gasteiger partial charge in [0.15, 0.2) is 5.54 Å². The number of aromatic nitrogens is 1. The van der Waals surface area contributed by atoms with Gasteiger partial charge in [0, 0.05) is 24.7 Å². The minimum absolute atomic E-state index is 0.279. The molecule has 0 amide bonds. The first kappa shape index (κ1) is 15.1. The number of carbonyl (C=O) groups is 1. The number of rotatable bonds is 7. The minimum Gasteiger partial charge on any atom is -0.464 e. The molecule has 0 spiro atoms. The first-order chi connectivity index (χ1) is 8.50. The largest absolute Gasteiger partial charge is 0.464 e. The number of esters is 1. The van der Waals surface area contributed by atoms with E-state index < -0.39 is 5.54 Å². The molecule has 0 aromatic carbocycles. The van der Waals surface area contributed by atoms with Crippen LogP contribution in [0, 0.1) is 0 Å². The summed E-state index contributed by atoms with van der Waals surface area (Å²) < 4.78 is 5.14. The van der Waals surface area contributed by atoms with Gasteiger partial charge in [0.1, 0.15) is 5.01 Å². The zero-order chi connectivity index (χ0) is 13.6. The molecule has 0 saturated heterocycles. The van der Waals surface area contributed by atoms with Gasteiger partial charge in [-0.15, -0.1) is 11.3 Å². The van der Waals surface area contributed by atoms with Crippen LogP contribution >= 0.6 is 11.3 Å². The van der Waals surface area contributed by atoms with Crippen molar-refractivity contribution in [1.82, 2.24) is 15.2 Å². The van der Waals surface area contributed by atoms with E-state index in [1.165, 1.54) is 11.3 Å². The van der Waals surface area contributed by atoms with Gasteiger partial charge in [-0.1, -0.05) is 0 Å². The fourth-order valence-corrected chi connectivity index (χ4v) is 2.27. The Labute approximate surface area is 112 Å². The molecule has 6 heteroatoms. The number of thiazole rings is 1. The van der Waals surface area contributed by atoms with Crippen molar-refractivity contribution in [2.75, 3.05) is 33.8 Å². The Hall–Kier alpha value is -0.980. The molecule has 18 heavy (non-hydrogen) atoms. The van der Waals surface area contributed by atoms with Crippen LogP contribution in [0.4, 0.5) is 0 Å². The lowest BCUT2D eigenvalue weighted by atomic mass is 10.0. The van der Waals surface area contributed by atoms with Crippen LogP contribution in [0.2, 0.25) is 0 Å². The Morgan fingerprint density at radius 2 is 2.33 bits per heavy atom. The Bertz CT molecular complexity index is 367. The highest BCUT2D eigenvalue weighted by atomic mass is 32.1. The van der Waals surface area contributed by atoms with E-state index in [9.17, 15) is 4.79 Å². The molecule has 1 heterocycles. The van der Waals surface area contributed by atoms with E-state index in [0.29, 0.717) is 13.2 Å². The molecule has 0 aliphatic heterocycles. The molecule has 1 N–H and O–H groups in total. The van der Waals surface area contributed by atoms with Gasteiger partial charge < -0.3 is 9.64 Å². The van der Waals surface area contributed by atoms with E-state index in [1.807, 2.05) is 26.4 Å². The van der Waals surface area contributed by atoms with Crippen LogP contribution in [-0.4, -0.2) is 49.6 Å². The van der Waals surface area contributed by atoms with Gasteiger partial charge in [-0.25, -0.2) is 9.78 Å². The molecule has 0 aliphatic rings. The van der Waals surface area contributed by atoms with E-state index in [2.05, 4.69) is 15.2 Å². The van der Waals surface area contributed by atoms with Crippen LogP contribution in [0.15, 0.2) is 11.6 Å². The van der Waals surface area contributed by atoms with Crippen molar-refractivity contribution < 1.29 is 9.53 Å². The van der Waals surface area contributed by atoms with Crippen molar-refractivity contribution in [1.29, 1.82) is 0 Å². The van der Waals surface area contributed by atoms with E-state index in [1.54, 1.807) is 13.1 Å². The van der Waals surface area contributed by atoms with E-state index in [0.717, 1.165) is 11.6 Å². The summed E-state index contributed by atoms with van der Waals surface area (Å²) >= 11 is 1.45. The molecular weight excluding hydrogens is 250 g/mol. The average Bonchev–Trinajstić information content (AvgIpc) is 2.82. The lowest BCUT2D eigenvalue weighted by Crippen LogP contribution is -2.49. The summed E-state index contributed by atoms with van der Waals surface area (Å²) in [6.07, 6.45) is 1.70. The zero-order valence-corrected chi connectivity index (χ0v) is 12.2. The van der Waals surface area contributed by atoms with Crippen molar-refractivity contribution in [2.45, 2.75) is 19.4 Å². The van der Waals surface area contributed by atoms with Crippen LogP contribution in [0.25, 0.3) is 0 Å². The fraction of sp³-hybridized carbons (Fsp3) is 0.667. The molecular formula is C12H21N3O2S. The molecule has 0 saturated carbocycles. The third-order valence-electron chi connectivity index (χ3n) is 2.58. The van der Waals surface area contributed by atoms with Gasteiger partial charge in [-0.05, 0) is 27.9 Å². The second-order valence-electron chi connectivity index (χ2n) is 4.41. The average molecular weight is 271 g/mol. The highest BCUT2D eigenvalue weighted by molar-refractivity contribution is 7.09. The van der Waals surface area contributed by atoms with Crippen LogP contribution in [0.1, 0.15) is 18.9 Å². The number of ether oxygens (including phenoxy) is 1. The smallest absolute Gasteiger partial charge is 0.333 e. The second-order valence-corrected chi connectivity index (χ2v) is 5.31. The molecule has 1 aromatic rings. The van der Waals surface area contributed by atoms with E-state index in [4.69, 9.17) is 4.74 Å². The molecule has 102 valence electrons. The lowest BCUT2D eigenvalue weighted by Gasteiger charge is -2.27. The third kappa shape index (κ3) is 3.76. The van der Waals surface area contributed by atoms with Gasteiger partial charge in [-0.3, -0.25) is 5.32 Å². The highest BCUT2D eigenvalue weighted by Gasteiger charge is 2.38. The molecule has 0 bridgehead atoms. The summed E-state index contributed by atoms with van der Waals surface area (Å²) in [6, 6.07) is 0. The first-order valence-corrected chi connectivity index (χ1v) is 6.85. The SMILES string of the molecule is CCOC(=O)C(C)(NCCN(C)C)c1nccs1. The van der Waals surface area contributed by atoms with Gasteiger partial charge in [-0.2, -0.15) is 0 Å². The molecule has 1 rings (SSSR count). The Balaban J connectivity index is 2.78. The van der Waals surface area contributed by atoms with Crippen LogP contribution in [0.3, 0.4) is 0 Å². The summed E-state index contributed by atoms with van der Waals surface area (Å²) in [5.74, 6) is -0.279. The van der Waals surface area contributed by atoms with Crippen LogP contribution in [-0.2, 0) is 15.1 Å². The van der Waals surface area contributed by atoms with Crippen molar-refractivity contribution in [2.24, 2.45) is 0 Å². The zero-order valence-electron chi connectivity index (χ0n) is 11.4. The Morgan fingerprint density at radius 1 is 1.61 bits per heavy atom. The molecule has 1 aromatic heterocycles. The number of hydrogen-bond donors (Lipinski definition) is 1. The maximum atomic E-state index is 12.1. The Morgan fingerprint density at radius 3 is 2.83 bits per heavy atom. The van der Waals surface area contributed by atoms with E-state index >= 15 is 0 Å². The van der Waals surface area contributed by atoms with Crippen molar-refractivity contribution in [3.8, 4) is 0 Å². The van der Waals surface area contributed by atoms with Gasteiger partial charge in [0.05, 0.1) is 6.61 Å². The molecule has 0 fully saturated rings.